The third-order valence-corrected chi connectivity index (χ3v) is 15.0. The molecule has 0 saturated heterocycles. The van der Waals surface area contributed by atoms with E-state index in [4.69, 9.17) is 9.36 Å². The Morgan fingerprint density at radius 1 is 0.418 bits per heavy atom. The number of hydrogen-bond acceptors (Lipinski definition) is 5. The predicted octanol–water partition coefficient (Wildman–Crippen LogP) is 16.8. The molecule has 2 aliphatic rings. The van der Waals surface area contributed by atoms with Crippen molar-refractivity contribution < 1.29 is 0 Å². The van der Waals surface area contributed by atoms with Crippen LogP contribution in [-0.4, -0.2) is 13.9 Å². The van der Waals surface area contributed by atoms with Gasteiger partial charge >= 0.3 is 0 Å². The first-order chi connectivity index (χ1) is 33.0. The highest BCUT2D eigenvalue weighted by atomic mass is 32.1. The second-order valence-corrected chi connectivity index (χ2v) is 19.1. The van der Waals surface area contributed by atoms with E-state index in [1.807, 2.05) is 0 Å². The molecule has 6 heteroatoms. The third kappa shape index (κ3) is 5.66. The van der Waals surface area contributed by atoms with Crippen molar-refractivity contribution >= 4 is 89.0 Å². The van der Waals surface area contributed by atoms with Gasteiger partial charge < -0.3 is 14.4 Å². The van der Waals surface area contributed by atoms with Gasteiger partial charge in [-0.25, -0.2) is 4.98 Å². The third-order valence-electron chi connectivity index (χ3n) is 14.2. The lowest BCUT2D eigenvalue weighted by molar-refractivity contribution is 0.660. The number of rotatable bonds is 5. The van der Waals surface area contributed by atoms with Crippen molar-refractivity contribution in [1.82, 2.24) is 13.9 Å². The van der Waals surface area contributed by atoms with Crippen LogP contribution in [0.3, 0.4) is 0 Å². The van der Waals surface area contributed by atoms with Gasteiger partial charge in [0.05, 0.1) is 39.5 Å². The summed E-state index contributed by atoms with van der Waals surface area (Å²) in [5.41, 5.74) is 17.3. The van der Waals surface area contributed by atoms with Crippen LogP contribution in [0.5, 0.6) is 0 Å². The molecular weight excluding hydrogens is 835 g/mol. The fraction of sp³-hybridized carbons (Fsp3) is 0.0492. The van der Waals surface area contributed by atoms with Crippen molar-refractivity contribution in [2.24, 2.45) is 0 Å². The van der Waals surface area contributed by atoms with E-state index in [1.54, 1.807) is 0 Å². The van der Waals surface area contributed by atoms with E-state index in [0.717, 1.165) is 61.6 Å². The Labute approximate surface area is 392 Å². The highest BCUT2D eigenvalue weighted by molar-refractivity contribution is 7.09. The van der Waals surface area contributed by atoms with Crippen LogP contribution in [0.25, 0.3) is 82.1 Å². The maximum Gasteiger partial charge on any atom is 0.173 e. The van der Waals surface area contributed by atoms with E-state index in [1.165, 1.54) is 77.3 Å². The highest BCUT2D eigenvalue weighted by Crippen LogP contribution is 2.56. The fourth-order valence-corrected chi connectivity index (χ4v) is 11.7. The van der Waals surface area contributed by atoms with E-state index < -0.39 is 0 Å². The normalized spacial score (nSPS) is 13.6. The summed E-state index contributed by atoms with van der Waals surface area (Å²) in [6.07, 6.45) is 0. The topological polar surface area (TPSA) is 37.2 Å². The van der Waals surface area contributed by atoms with Gasteiger partial charge in [0.15, 0.2) is 5.82 Å². The smallest absolute Gasteiger partial charge is 0.173 e. The van der Waals surface area contributed by atoms with Crippen LogP contribution in [0.4, 0.5) is 34.1 Å². The molecule has 0 atom stereocenters. The summed E-state index contributed by atoms with van der Waals surface area (Å²) in [6.45, 7) is 4.69. The quantitative estimate of drug-likeness (QED) is 0.173. The van der Waals surface area contributed by atoms with Crippen molar-refractivity contribution in [2.45, 2.75) is 19.3 Å². The lowest BCUT2D eigenvalue weighted by Gasteiger charge is -2.40. The first-order valence-corrected chi connectivity index (χ1v) is 23.7. The van der Waals surface area contributed by atoms with Gasteiger partial charge in [0.2, 0.25) is 0 Å². The fourth-order valence-electron chi connectivity index (χ4n) is 11.1. The Bertz CT molecular complexity index is 4010. The number of hydrogen-bond donors (Lipinski definition) is 0. The number of fused-ring (bicyclic) bond motifs is 10. The number of aromatic nitrogens is 3. The maximum atomic E-state index is 5.33. The van der Waals surface area contributed by atoms with Crippen LogP contribution >= 0.6 is 11.5 Å². The second kappa shape index (κ2) is 14.3. The van der Waals surface area contributed by atoms with Gasteiger partial charge in [-0.2, -0.15) is 4.37 Å². The van der Waals surface area contributed by atoms with Gasteiger partial charge in [-0.15, -0.1) is 0 Å². The SMILES string of the molecule is CC1(C)c2ccccc2-c2c(-n3c4ccccc4c4ccc(-c5nsc(-c6ccc7c(c6)N(c6ccc8ccccc8c6)c6ccccc6N7c6ccc7ccccc7c6)n5)cc43)cccc21. The van der Waals surface area contributed by atoms with Crippen molar-refractivity contribution in [1.29, 1.82) is 0 Å². The minimum absolute atomic E-state index is 0.103. The lowest BCUT2D eigenvalue weighted by Crippen LogP contribution is -2.24. The lowest BCUT2D eigenvalue weighted by atomic mass is 9.82. The molecule has 14 rings (SSSR count). The van der Waals surface area contributed by atoms with E-state index >= 15 is 0 Å². The molecule has 5 nitrogen and oxygen atoms in total. The van der Waals surface area contributed by atoms with E-state index in [9.17, 15) is 0 Å². The molecule has 0 amide bonds. The number of nitrogens with zero attached hydrogens (tertiary/aromatic N) is 5. The first-order valence-electron chi connectivity index (χ1n) is 22.9. The van der Waals surface area contributed by atoms with Gasteiger partial charge in [0, 0.05) is 44.3 Å². The maximum absolute atomic E-state index is 5.33. The van der Waals surface area contributed by atoms with Gasteiger partial charge in [0.25, 0.3) is 0 Å². The van der Waals surface area contributed by atoms with E-state index in [-0.39, 0.29) is 5.41 Å². The Balaban J connectivity index is 0.920. The molecule has 0 fully saturated rings. The molecule has 0 saturated carbocycles. The molecule has 0 radical (unpaired) electrons. The summed E-state index contributed by atoms with van der Waals surface area (Å²) >= 11 is 1.45. The van der Waals surface area contributed by atoms with E-state index in [0.29, 0.717) is 0 Å². The molecule has 0 bridgehead atoms. The summed E-state index contributed by atoms with van der Waals surface area (Å²) in [6, 6.07) is 77.4. The zero-order valence-corrected chi connectivity index (χ0v) is 37.7. The molecule has 1 aliphatic carbocycles. The monoisotopic (exact) mass is 875 g/mol. The Kier molecular flexibility index (Phi) is 8.13. The minimum atomic E-state index is -0.103. The molecule has 12 aromatic rings. The molecule has 3 heterocycles. The molecule has 0 unspecified atom stereocenters. The average Bonchev–Trinajstić information content (AvgIpc) is 4.07. The van der Waals surface area contributed by atoms with Crippen molar-refractivity contribution in [2.75, 3.05) is 9.80 Å². The zero-order valence-electron chi connectivity index (χ0n) is 36.9. The van der Waals surface area contributed by atoms with Crippen LogP contribution in [0.2, 0.25) is 0 Å². The highest BCUT2D eigenvalue weighted by Gasteiger charge is 2.37. The molecule has 1 aliphatic heterocycles. The van der Waals surface area contributed by atoms with Crippen molar-refractivity contribution in [3.63, 3.8) is 0 Å². The minimum Gasteiger partial charge on any atom is -0.309 e. The van der Waals surface area contributed by atoms with Gasteiger partial charge in [-0.05, 0) is 123 Å². The molecule has 0 N–H and O–H groups in total. The van der Waals surface area contributed by atoms with Gasteiger partial charge in [-0.3, -0.25) is 0 Å². The first kappa shape index (κ1) is 38.0. The predicted molar refractivity (Wildman–Crippen MR) is 281 cm³/mol. The van der Waals surface area contributed by atoms with Crippen molar-refractivity contribution in [3.8, 4) is 38.8 Å². The molecule has 316 valence electrons. The largest absolute Gasteiger partial charge is 0.309 e. The molecule has 2 aromatic heterocycles. The van der Waals surface area contributed by atoms with Crippen LogP contribution in [0, 0.1) is 0 Å². The Hall–Kier alpha value is -8.32. The standard InChI is InChI=1S/C61H41N5S/c1-61(2)49-20-9-7-19-48(49)58-50(61)21-13-25-55(58)66-51-22-10-8-18-46(51)47-32-28-42(36-56(47)66)59-62-60(67-63-59)43-29-33-54-57(37-43)65(45-31-27-39-15-4-6-17-41(39)35-45)53-24-12-11-23-52(53)64(54)44-30-26-38-14-3-5-16-40(38)34-44/h3-37H,1-2H3. The number of para-hydroxylation sites is 3. The molecule has 67 heavy (non-hydrogen) atoms. The summed E-state index contributed by atoms with van der Waals surface area (Å²) in [5.74, 6) is 0.718. The second-order valence-electron chi connectivity index (χ2n) is 18.3. The van der Waals surface area contributed by atoms with Gasteiger partial charge in [0.1, 0.15) is 5.01 Å². The number of benzene rings is 10. The average molecular weight is 876 g/mol. The summed E-state index contributed by atoms with van der Waals surface area (Å²) in [7, 11) is 0. The number of anilines is 6. The summed E-state index contributed by atoms with van der Waals surface area (Å²) in [5, 5.41) is 8.13. The summed E-state index contributed by atoms with van der Waals surface area (Å²) in [4.78, 5) is 10.1. The Morgan fingerprint density at radius 2 is 1.00 bits per heavy atom. The zero-order chi connectivity index (χ0) is 44.4. The van der Waals surface area contributed by atoms with Crippen LogP contribution in [0.1, 0.15) is 25.0 Å². The molecule has 10 aromatic carbocycles. The Morgan fingerprint density at radius 3 is 1.76 bits per heavy atom. The van der Waals surface area contributed by atoms with Gasteiger partial charge in [-0.1, -0.05) is 153 Å². The van der Waals surface area contributed by atoms with E-state index in [2.05, 4.69) is 241 Å². The van der Waals surface area contributed by atoms with Crippen molar-refractivity contribution in [3.05, 3.63) is 223 Å². The molecular formula is C61H41N5S. The van der Waals surface area contributed by atoms with Crippen LogP contribution in [0.15, 0.2) is 212 Å². The van der Waals surface area contributed by atoms with Crippen LogP contribution in [-0.2, 0) is 5.41 Å². The van der Waals surface area contributed by atoms with Crippen LogP contribution < -0.4 is 9.80 Å². The summed E-state index contributed by atoms with van der Waals surface area (Å²) < 4.78 is 7.54. The molecule has 0 spiro atoms.